The topological polar surface area (TPSA) is 0 Å². The quantitative estimate of drug-likeness (QED) is 0.526. The first-order valence-corrected chi connectivity index (χ1v) is 7.75. The fourth-order valence-electron chi connectivity index (χ4n) is 2.95. The fraction of sp³-hybridized carbons (Fsp3) is 0.600. The third kappa shape index (κ3) is 3.31. The summed E-state index contributed by atoms with van der Waals surface area (Å²) < 4.78 is 13.9. The van der Waals surface area contributed by atoms with Crippen LogP contribution >= 0.6 is 15.9 Å². The number of alkyl halides is 1. The smallest absolute Gasteiger partial charge is 0.126 e. The predicted octanol–water partition coefficient (Wildman–Crippen LogP) is 5.27. The van der Waals surface area contributed by atoms with Crippen LogP contribution in [0.5, 0.6) is 0 Å². The van der Waals surface area contributed by atoms with Gasteiger partial charge in [-0.3, -0.25) is 0 Å². The van der Waals surface area contributed by atoms with Gasteiger partial charge in [-0.15, -0.1) is 0 Å². The highest BCUT2D eigenvalue weighted by Gasteiger charge is 2.25. The summed E-state index contributed by atoms with van der Waals surface area (Å²) in [5.41, 5.74) is 0.899. The largest absolute Gasteiger partial charge is 0.207 e. The Morgan fingerprint density at radius 2 is 1.76 bits per heavy atom. The van der Waals surface area contributed by atoms with E-state index >= 15 is 0 Å². The Hall–Kier alpha value is -0.370. The van der Waals surface area contributed by atoms with Gasteiger partial charge >= 0.3 is 0 Å². The molecule has 0 radical (unpaired) electrons. The van der Waals surface area contributed by atoms with Gasteiger partial charge in [0.15, 0.2) is 0 Å². The summed E-state index contributed by atoms with van der Waals surface area (Å²) in [7, 11) is 0. The van der Waals surface area contributed by atoms with Crippen molar-refractivity contribution in [1.82, 2.24) is 0 Å². The number of halogens is 2. The van der Waals surface area contributed by atoms with Crippen molar-refractivity contribution < 1.29 is 4.39 Å². The molecule has 17 heavy (non-hydrogen) atoms. The van der Waals surface area contributed by atoms with Crippen LogP contribution in [0, 0.1) is 11.7 Å². The number of benzene rings is 1. The van der Waals surface area contributed by atoms with Crippen LogP contribution in [0.3, 0.4) is 0 Å². The molecule has 1 aromatic rings. The van der Waals surface area contributed by atoms with E-state index in [2.05, 4.69) is 15.9 Å². The standard InChI is InChI=1S/C15H20BrF/c16-11-14(12-7-3-1-2-4-8-12)13-9-5-6-10-15(13)17/h5-6,9-10,12,14H,1-4,7-8,11H2. The normalized spacial score (nSPS) is 19.9. The summed E-state index contributed by atoms with van der Waals surface area (Å²) >= 11 is 3.58. The van der Waals surface area contributed by atoms with E-state index in [0.717, 1.165) is 10.9 Å². The molecule has 0 spiro atoms. The minimum absolute atomic E-state index is 0.0406. The first kappa shape index (κ1) is 13.1. The Balaban J connectivity index is 2.17. The number of hydrogen-bond donors (Lipinski definition) is 0. The van der Waals surface area contributed by atoms with Gasteiger partial charge in [-0.1, -0.05) is 59.8 Å². The third-order valence-electron chi connectivity index (χ3n) is 3.94. The highest BCUT2D eigenvalue weighted by molar-refractivity contribution is 9.09. The Kier molecular flexibility index (Phi) is 5.02. The van der Waals surface area contributed by atoms with E-state index in [-0.39, 0.29) is 5.82 Å². The molecular formula is C15H20BrF. The zero-order chi connectivity index (χ0) is 12.1. The number of rotatable bonds is 3. The molecule has 0 heterocycles. The molecule has 1 atom stereocenters. The molecule has 0 nitrogen and oxygen atoms in total. The molecule has 94 valence electrons. The Labute approximate surface area is 112 Å². The van der Waals surface area contributed by atoms with Gasteiger partial charge in [-0.25, -0.2) is 4.39 Å². The third-order valence-corrected chi connectivity index (χ3v) is 4.64. The molecule has 0 amide bonds. The summed E-state index contributed by atoms with van der Waals surface area (Å²) in [5.74, 6) is 0.948. The Morgan fingerprint density at radius 3 is 2.35 bits per heavy atom. The maximum absolute atomic E-state index is 13.9. The lowest BCUT2D eigenvalue weighted by molar-refractivity contribution is 0.390. The van der Waals surface area contributed by atoms with Crippen molar-refractivity contribution in [3.8, 4) is 0 Å². The first-order chi connectivity index (χ1) is 8.33. The molecule has 0 aliphatic heterocycles. The molecule has 0 N–H and O–H groups in total. The monoisotopic (exact) mass is 298 g/mol. The lowest BCUT2D eigenvalue weighted by atomic mass is 9.82. The van der Waals surface area contributed by atoms with Gasteiger partial charge in [0.05, 0.1) is 0 Å². The zero-order valence-corrected chi connectivity index (χ0v) is 11.8. The number of hydrogen-bond acceptors (Lipinski definition) is 0. The van der Waals surface area contributed by atoms with Gasteiger partial charge in [-0.2, -0.15) is 0 Å². The molecule has 2 rings (SSSR count). The second kappa shape index (κ2) is 6.53. The maximum atomic E-state index is 13.9. The van der Waals surface area contributed by atoms with Crippen LogP contribution in [0.2, 0.25) is 0 Å². The van der Waals surface area contributed by atoms with Gasteiger partial charge in [0.25, 0.3) is 0 Å². The first-order valence-electron chi connectivity index (χ1n) is 6.63. The maximum Gasteiger partial charge on any atom is 0.126 e. The Bertz CT molecular complexity index is 343. The SMILES string of the molecule is Fc1ccccc1C(CBr)C1CCCCCC1. The van der Waals surface area contributed by atoms with Gasteiger partial charge in [0.1, 0.15) is 5.82 Å². The second-order valence-corrected chi connectivity index (χ2v) is 5.68. The van der Waals surface area contributed by atoms with Crippen molar-refractivity contribution >= 4 is 15.9 Å². The lowest BCUT2D eigenvalue weighted by Gasteiger charge is -2.25. The molecule has 2 heteroatoms. The average molecular weight is 299 g/mol. The summed E-state index contributed by atoms with van der Waals surface area (Å²) in [4.78, 5) is 0. The van der Waals surface area contributed by atoms with Gasteiger partial charge in [0, 0.05) is 5.33 Å². The van der Waals surface area contributed by atoms with Crippen LogP contribution in [0.4, 0.5) is 4.39 Å². The van der Waals surface area contributed by atoms with Crippen LogP contribution in [0.15, 0.2) is 24.3 Å². The highest BCUT2D eigenvalue weighted by Crippen LogP contribution is 2.37. The fourth-order valence-corrected chi connectivity index (χ4v) is 3.83. The molecule has 0 saturated heterocycles. The second-order valence-electron chi connectivity index (χ2n) is 5.03. The van der Waals surface area contributed by atoms with Gasteiger partial charge in [-0.05, 0) is 36.3 Å². The summed E-state index contributed by atoms with van der Waals surface area (Å²) in [6.45, 7) is 0. The van der Waals surface area contributed by atoms with E-state index in [4.69, 9.17) is 0 Å². The molecule has 0 bridgehead atoms. The van der Waals surface area contributed by atoms with E-state index < -0.39 is 0 Å². The Morgan fingerprint density at radius 1 is 1.12 bits per heavy atom. The minimum atomic E-state index is -0.0406. The van der Waals surface area contributed by atoms with E-state index in [1.165, 1.54) is 38.5 Å². The molecular weight excluding hydrogens is 279 g/mol. The molecule has 1 aliphatic carbocycles. The zero-order valence-electron chi connectivity index (χ0n) is 10.2. The minimum Gasteiger partial charge on any atom is -0.207 e. The average Bonchev–Trinajstić information content (AvgIpc) is 2.62. The van der Waals surface area contributed by atoms with E-state index in [1.807, 2.05) is 12.1 Å². The predicted molar refractivity (Wildman–Crippen MR) is 74.1 cm³/mol. The van der Waals surface area contributed by atoms with E-state index in [0.29, 0.717) is 11.8 Å². The molecule has 1 saturated carbocycles. The van der Waals surface area contributed by atoms with Crippen molar-refractivity contribution in [3.05, 3.63) is 35.6 Å². The van der Waals surface area contributed by atoms with Crippen LogP contribution in [-0.4, -0.2) is 5.33 Å². The molecule has 0 aromatic heterocycles. The molecule has 1 fully saturated rings. The highest BCUT2D eigenvalue weighted by atomic mass is 79.9. The molecule has 1 aliphatic rings. The van der Waals surface area contributed by atoms with Gasteiger partial charge < -0.3 is 0 Å². The van der Waals surface area contributed by atoms with E-state index in [1.54, 1.807) is 12.1 Å². The summed E-state index contributed by atoms with van der Waals surface area (Å²) in [6, 6.07) is 7.26. The summed E-state index contributed by atoms with van der Waals surface area (Å²) in [5, 5.41) is 0.874. The molecule has 1 unspecified atom stereocenters. The van der Waals surface area contributed by atoms with Crippen molar-refractivity contribution in [2.45, 2.75) is 44.4 Å². The van der Waals surface area contributed by atoms with Crippen molar-refractivity contribution in [2.75, 3.05) is 5.33 Å². The molecule has 1 aromatic carbocycles. The van der Waals surface area contributed by atoms with Crippen LogP contribution in [0.25, 0.3) is 0 Å². The van der Waals surface area contributed by atoms with Gasteiger partial charge in [0.2, 0.25) is 0 Å². The van der Waals surface area contributed by atoms with E-state index in [9.17, 15) is 4.39 Å². The van der Waals surface area contributed by atoms with Crippen LogP contribution in [0.1, 0.15) is 50.0 Å². The van der Waals surface area contributed by atoms with Crippen LogP contribution < -0.4 is 0 Å². The van der Waals surface area contributed by atoms with Crippen molar-refractivity contribution in [1.29, 1.82) is 0 Å². The van der Waals surface area contributed by atoms with Crippen molar-refractivity contribution in [2.24, 2.45) is 5.92 Å². The summed E-state index contributed by atoms with van der Waals surface area (Å²) in [6.07, 6.45) is 7.83. The lowest BCUT2D eigenvalue weighted by Crippen LogP contribution is -2.15. The van der Waals surface area contributed by atoms with Crippen molar-refractivity contribution in [3.63, 3.8) is 0 Å². The van der Waals surface area contributed by atoms with Crippen LogP contribution in [-0.2, 0) is 0 Å².